The minimum absolute atomic E-state index is 0.251. The second kappa shape index (κ2) is 10.4. The van der Waals surface area contributed by atoms with Crippen LogP contribution in [0.5, 0.6) is 0 Å². The molecule has 5 rings (SSSR count). The molecule has 10 nitrogen and oxygen atoms in total. The number of ether oxygens (including phenoxy) is 3. The molecule has 0 radical (unpaired) electrons. The molecule has 7 unspecified atom stereocenters. The van der Waals surface area contributed by atoms with Crippen LogP contribution in [0, 0.1) is 6.92 Å². The zero-order valence-corrected chi connectivity index (χ0v) is 20.7. The first-order valence-corrected chi connectivity index (χ1v) is 11.9. The van der Waals surface area contributed by atoms with Crippen LogP contribution in [0.25, 0.3) is 5.69 Å². The number of halogens is 3. The van der Waals surface area contributed by atoms with E-state index in [0.29, 0.717) is 21.6 Å². The predicted molar refractivity (Wildman–Crippen MR) is 127 cm³/mol. The Morgan fingerprint density at radius 3 is 2.67 bits per heavy atom. The molecule has 2 aliphatic heterocycles. The van der Waals surface area contributed by atoms with Gasteiger partial charge in [0.25, 0.3) is 0 Å². The van der Waals surface area contributed by atoms with E-state index in [1.807, 2.05) is 30.3 Å². The van der Waals surface area contributed by atoms with Crippen molar-refractivity contribution in [3.05, 3.63) is 75.8 Å². The SMILES string of the molecule is Cc1nc(C2OC3OC(c4ccccc4)OC3C(N=NNC(C)F)C2O)n(-c2cc(Cl)ccc2Cl)n1. The highest BCUT2D eigenvalue weighted by Crippen LogP contribution is 2.43. The second-order valence-corrected chi connectivity index (χ2v) is 9.21. The first-order chi connectivity index (χ1) is 17.3. The average molecular weight is 537 g/mol. The van der Waals surface area contributed by atoms with Crippen LogP contribution in [-0.2, 0) is 14.2 Å². The fraction of sp³-hybridized carbons (Fsp3) is 0.391. The van der Waals surface area contributed by atoms with Crippen LogP contribution in [0.1, 0.15) is 36.5 Å². The van der Waals surface area contributed by atoms with Crippen molar-refractivity contribution in [3.63, 3.8) is 0 Å². The zero-order valence-electron chi connectivity index (χ0n) is 19.2. The van der Waals surface area contributed by atoms with Gasteiger partial charge in [-0.25, -0.2) is 14.1 Å². The number of aliphatic hydroxyl groups excluding tert-OH is 1. The van der Waals surface area contributed by atoms with E-state index in [4.69, 9.17) is 37.4 Å². The van der Waals surface area contributed by atoms with Gasteiger partial charge in [-0.05, 0) is 32.0 Å². The summed E-state index contributed by atoms with van der Waals surface area (Å²) in [5.74, 6) is 0.664. The number of hydrogen-bond donors (Lipinski definition) is 2. The summed E-state index contributed by atoms with van der Waals surface area (Å²) in [6.45, 7) is 2.96. The van der Waals surface area contributed by atoms with Gasteiger partial charge in [-0.3, -0.25) is 5.43 Å². The van der Waals surface area contributed by atoms with E-state index in [-0.39, 0.29) is 5.82 Å². The molecule has 3 heterocycles. The molecule has 0 amide bonds. The molecule has 0 spiro atoms. The van der Waals surface area contributed by atoms with Gasteiger partial charge in [0.05, 0.1) is 10.7 Å². The fourth-order valence-corrected chi connectivity index (χ4v) is 4.49. The maximum Gasteiger partial charge on any atom is 0.190 e. The van der Waals surface area contributed by atoms with Gasteiger partial charge in [-0.2, -0.15) is 10.2 Å². The number of rotatable bonds is 6. The van der Waals surface area contributed by atoms with E-state index in [9.17, 15) is 9.50 Å². The molecule has 2 aromatic carbocycles. The minimum atomic E-state index is -1.44. The lowest BCUT2D eigenvalue weighted by molar-refractivity contribution is -0.225. The summed E-state index contributed by atoms with van der Waals surface area (Å²) in [4.78, 5) is 4.49. The molecule has 2 saturated heterocycles. The third-order valence-electron chi connectivity index (χ3n) is 5.71. The topological polar surface area (TPSA) is 115 Å². The molecule has 7 atom stereocenters. The van der Waals surface area contributed by atoms with E-state index < -0.39 is 43.2 Å². The Morgan fingerprint density at radius 2 is 1.92 bits per heavy atom. The number of fused-ring (bicyclic) bond motifs is 1. The van der Waals surface area contributed by atoms with Crippen LogP contribution in [0.2, 0.25) is 10.0 Å². The number of aryl methyl sites for hydroxylation is 1. The van der Waals surface area contributed by atoms with Crippen molar-refractivity contribution in [2.24, 2.45) is 10.3 Å². The summed E-state index contributed by atoms with van der Waals surface area (Å²) in [5, 5.41) is 24.5. The van der Waals surface area contributed by atoms with E-state index >= 15 is 0 Å². The molecule has 2 N–H and O–H groups in total. The first-order valence-electron chi connectivity index (χ1n) is 11.2. The van der Waals surface area contributed by atoms with Crippen LogP contribution >= 0.6 is 23.2 Å². The van der Waals surface area contributed by atoms with Crippen molar-refractivity contribution in [3.8, 4) is 5.69 Å². The number of aromatic nitrogens is 3. The number of nitrogens with zero attached hydrogens (tertiary/aromatic N) is 5. The molecule has 2 fully saturated rings. The van der Waals surface area contributed by atoms with Gasteiger partial charge in [0, 0.05) is 10.6 Å². The van der Waals surface area contributed by atoms with Gasteiger partial charge in [0.1, 0.15) is 30.2 Å². The van der Waals surface area contributed by atoms with Crippen LogP contribution in [0.3, 0.4) is 0 Å². The first kappa shape index (κ1) is 25.0. The Balaban J connectivity index is 1.52. The van der Waals surface area contributed by atoms with Crippen LogP contribution < -0.4 is 5.43 Å². The largest absolute Gasteiger partial charge is 0.387 e. The van der Waals surface area contributed by atoms with E-state index in [1.165, 1.54) is 11.6 Å². The van der Waals surface area contributed by atoms with Gasteiger partial charge < -0.3 is 19.3 Å². The smallest absolute Gasteiger partial charge is 0.190 e. The monoisotopic (exact) mass is 536 g/mol. The highest BCUT2D eigenvalue weighted by molar-refractivity contribution is 6.34. The van der Waals surface area contributed by atoms with E-state index in [2.05, 4.69) is 25.8 Å². The Labute approximate surface area is 216 Å². The lowest BCUT2D eigenvalue weighted by Crippen LogP contribution is -2.52. The quantitative estimate of drug-likeness (QED) is 0.272. The van der Waals surface area contributed by atoms with Crippen LogP contribution in [-0.4, -0.2) is 50.7 Å². The van der Waals surface area contributed by atoms with Gasteiger partial charge in [-0.15, -0.1) is 0 Å². The lowest BCUT2D eigenvalue weighted by atomic mass is 9.96. The summed E-state index contributed by atoms with van der Waals surface area (Å²) >= 11 is 12.6. The number of benzene rings is 2. The van der Waals surface area contributed by atoms with Crippen molar-refractivity contribution < 1.29 is 23.7 Å². The number of alkyl halides is 1. The molecule has 13 heteroatoms. The number of aliphatic hydroxyl groups is 1. The van der Waals surface area contributed by atoms with Gasteiger partial charge in [-0.1, -0.05) is 58.8 Å². The Kier molecular flexibility index (Phi) is 7.20. The Bertz CT molecular complexity index is 1250. The molecule has 0 aliphatic carbocycles. The van der Waals surface area contributed by atoms with E-state index in [1.54, 1.807) is 25.1 Å². The molecule has 3 aromatic rings. The summed E-state index contributed by atoms with van der Waals surface area (Å²) in [6.07, 6.45) is -6.33. The van der Waals surface area contributed by atoms with Gasteiger partial charge >= 0.3 is 0 Å². The van der Waals surface area contributed by atoms with Crippen molar-refractivity contribution in [1.29, 1.82) is 0 Å². The molecule has 0 bridgehead atoms. The number of hydrogen-bond acceptors (Lipinski definition) is 8. The molecular weight excluding hydrogens is 514 g/mol. The Morgan fingerprint density at radius 1 is 1.14 bits per heavy atom. The van der Waals surface area contributed by atoms with Gasteiger partial charge in [0.2, 0.25) is 0 Å². The fourth-order valence-electron chi connectivity index (χ4n) is 4.12. The molecule has 2 aliphatic rings. The van der Waals surface area contributed by atoms with E-state index in [0.717, 1.165) is 5.56 Å². The predicted octanol–water partition coefficient (Wildman–Crippen LogP) is 4.40. The van der Waals surface area contributed by atoms with Crippen molar-refractivity contribution in [2.75, 3.05) is 0 Å². The molecule has 1 aromatic heterocycles. The van der Waals surface area contributed by atoms with Crippen LogP contribution in [0.4, 0.5) is 4.39 Å². The third-order valence-corrected chi connectivity index (χ3v) is 6.27. The normalized spacial score (nSPS) is 28.8. The summed E-state index contributed by atoms with van der Waals surface area (Å²) in [5.41, 5.74) is 3.44. The summed E-state index contributed by atoms with van der Waals surface area (Å²) in [6, 6.07) is 13.2. The minimum Gasteiger partial charge on any atom is -0.387 e. The van der Waals surface area contributed by atoms with Crippen molar-refractivity contribution in [2.45, 2.75) is 57.1 Å². The van der Waals surface area contributed by atoms with Crippen LogP contribution in [0.15, 0.2) is 58.9 Å². The van der Waals surface area contributed by atoms with Crippen molar-refractivity contribution >= 4 is 23.2 Å². The standard InChI is InChI=1S/C23H23Cl2FN6O4/c1-11(26)28-31-29-17-18(33)20(35-23-19(17)34-22(36-23)13-6-4-3-5-7-13)21-27-12(2)30-32(21)16-10-14(24)8-9-15(16)25/h3-11,17-20,22-23,33H,1-2H3,(H,28,29). The third kappa shape index (κ3) is 4.95. The lowest BCUT2D eigenvalue weighted by Gasteiger charge is -2.37. The highest BCUT2D eigenvalue weighted by Gasteiger charge is 2.54. The molecular formula is C23H23Cl2FN6O4. The second-order valence-electron chi connectivity index (χ2n) is 8.37. The zero-order chi connectivity index (χ0) is 25.4. The maximum absolute atomic E-state index is 13.3. The summed E-state index contributed by atoms with van der Waals surface area (Å²) in [7, 11) is 0. The average Bonchev–Trinajstić information content (AvgIpc) is 3.45. The summed E-state index contributed by atoms with van der Waals surface area (Å²) < 4.78 is 33.0. The van der Waals surface area contributed by atoms with Crippen molar-refractivity contribution in [1.82, 2.24) is 20.2 Å². The molecule has 0 saturated carbocycles. The highest BCUT2D eigenvalue weighted by atomic mass is 35.5. The van der Waals surface area contributed by atoms with Gasteiger partial charge in [0.15, 0.2) is 24.7 Å². The Hall–Kier alpha value is -2.67. The number of nitrogens with one attached hydrogen (secondary N) is 1. The maximum atomic E-state index is 13.3. The molecule has 36 heavy (non-hydrogen) atoms. The molecule has 190 valence electrons.